The normalized spacial score (nSPS) is 13.6. The van der Waals surface area contributed by atoms with Gasteiger partial charge in [-0.2, -0.15) is 13.2 Å². The number of hydrogen-bond acceptors (Lipinski definition) is 2. The minimum atomic E-state index is -4.31. The maximum absolute atomic E-state index is 13.0. The molecule has 0 fully saturated rings. The predicted molar refractivity (Wildman–Crippen MR) is 74.4 cm³/mol. The second-order valence-electron chi connectivity index (χ2n) is 4.68. The Bertz CT molecular complexity index is 404. The fraction of sp³-hybridized carbons (Fsp3) is 0.571. The number of halogens is 3. The predicted octanol–water partition coefficient (Wildman–Crippen LogP) is 4.34. The van der Waals surface area contributed by atoms with Crippen molar-refractivity contribution < 1.29 is 13.2 Å². The molecule has 0 bridgehead atoms. The minimum Gasteiger partial charge on any atom is -0.330 e. The molecule has 0 amide bonds. The van der Waals surface area contributed by atoms with Crippen LogP contribution in [0.1, 0.15) is 31.4 Å². The van der Waals surface area contributed by atoms with Crippen LogP contribution in [0.25, 0.3) is 0 Å². The van der Waals surface area contributed by atoms with E-state index in [2.05, 4.69) is 13.8 Å². The van der Waals surface area contributed by atoms with Crippen LogP contribution in [0.15, 0.2) is 23.1 Å². The van der Waals surface area contributed by atoms with Crippen LogP contribution in [0, 0.1) is 5.92 Å². The molecule has 1 aromatic carbocycles. The first-order valence-electron chi connectivity index (χ1n) is 6.41. The summed E-state index contributed by atoms with van der Waals surface area (Å²) in [5.74, 6) is 1.34. The van der Waals surface area contributed by atoms with Gasteiger partial charge in [0.2, 0.25) is 0 Å². The highest BCUT2D eigenvalue weighted by Crippen LogP contribution is 2.35. The van der Waals surface area contributed by atoms with E-state index in [0.717, 1.165) is 12.2 Å². The Labute approximate surface area is 116 Å². The molecule has 0 aromatic heterocycles. The summed E-state index contributed by atoms with van der Waals surface area (Å²) in [7, 11) is 0. The van der Waals surface area contributed by atoms with Crippen LogP contribution >= 0.6 is 11.8 Å². The van der Waals surface area contributed by atoms with Gasteiger partial charge in [0.15, 0.2) is 0 Å². The van der Waals surface area contributed by atoms with E-state index in [1.54, 1.807) is 12.1 Å². The summed E-state index contributed by atoms with van der Waals surface area (Å²) < 4.78 is 38.9. The number of thioether (sulfide) groups is 1. The molecule has 0 heterocycles. The van der Waals surface area contributed by atoms with Crippen molar-refractivity contribution in [2.24, 2.45) is 11.7 Å². The molecule has 1 atom stereocenters. The highest BCUT2D eigenvalue weighted by atomic mass is 32.2. The largest absolute Gasteiger partial charge is 0.416 e. The van der Waals surface area contributed by atoms with Crippen LogP contribution in [0.4, 0.5) is 13.2 Å². The van der Waals surface area contributed by atoms with E-state index in [1.807, 2.05) is 0 Å². The molecule has 1 aromatic rings. The topological polar surface area (TPSA) is 26.0 Å². The standard InChI is InChI=1S/C14H20F3NS/c1-3-10(2)9-19-12-5-4-11(6-7-18)13(8-12)14(15,16)17/h4-5,8,10H,3,6-7,9,18H2,1-2H3. The van der Waals surface area contributed by atoms with Gasteiger partial charge in [-0.3, -0.25) is 0 Å². The molecule has 0 saturated heterocycles. The Hall–Kier alpha value is -0.680. The number of benzene rings is 1. The van der Waals surface area contributed by atoms with Gasteiger partial charge in [0, 0.05) is 10.6 Å². The van der Waals surface area contributed by atoms with Crippen molar-refractivity contribution in [3.05, 3.63) is 29.3 Å². The summed E-state index contributed by atoms with van der Waals surface area (Å²) in [4.78, 5) is 0.674. The maximum atomic E-state index is 13.0. The zero-order chi connectivity index (χ0) is 14.5. The van der Waals surface area contributed by atoms with Crippen molar-refractivity contribution in [2.45, 2.75) is 37.8 Å². The van der Waals surface area contributed by atoms with Gasteiger partial charge in [-0.05, 0) is 36.6 Å². The van der Waals surface area contributed by atoms with Gasteiger partial charge >= 0.3 is 6.18 Å². The molecule has 2 N–H and O–H groups in total. The van der Waals surface area contributed by atoms with Crippen LogP contribution in [-0.4, -0.2) is 12.3 Å². The molecule has 1 nitrogen and oxygen atoms in total. The van der Waals surface area contributed by atoms with E-state index in [1.165, 1.54) is 17.8 Å². The fourth-order valence-electron chi connectivity index (χ4n) is 1.64. The average molecular weight is 291 g/mol. The molecule has 1 unspecified atom stereocenters. The summed E-state index contributed by atoms with van der Waals surface area (Å²) in [6.07, 6.45) is -3.02. The third kappa shape index (κ3) is 5.07. The van der Waals surface area contributed by atoms with Crippen LogP contribution in [0.3, 0.4) is 0 Å². The molecule has 0 spiro atoms. The summed E-state index contributed by atoms with van der Waals surface area (Å²) >= 11 is 1.48. The number of hydrogen-bond donors (Lipinski definition) is 1. The van der Waals surface area contributed by atoms with E-state index >= 15 is 0 Å². The molecular weight excluding hydrogens is 271 g/mol. The van der Waals surface area contributed by atoms with Gasteiger partial charge in [0.1, 0.15) is 0 Å². The van der Waals surface area contributed by atoms with Crippen LogP contribution in [0.2, 0.25) is 0 Å². The van der Waals surface area contributed by atoms with Gasteiger partial charge in [-0.1, -0.05) is 26.3 Å². The molecule has 0 radical (unpaired) electrons. The van der Waals surface area contributed by atoms with Gasteiger partial charge in [0.25, 0.3) is 0 Å². The van der Waals surface area contributed by atoms with E-state index in [0.29, 0.717) is 10.8 Å². The number of nitrogens with two attached hydrogens (primary N) is 1. The van der Waals surface area contributed by atoms with Crippen LogP contribution in [-0.2, 0) is 12.6 Å². The zero-order valence-corrected chi connectivity index (χ0v) is 12.1. The van der Waals surface area contributed by atoms with E-state index in [4.69, 9.17) is 5.73 Å². The lowest BCUT2D eigenvalue weighted by Gasteiger charge is -2.15. The second kappa shape index (κ2) is 7.20. The van der Waals surface area contributed by atoms with Crippen LogP contribution < -0.4 is 5.73 Å². The minimum absolute atomic E-state index is 0.225. The number of alkyl halides is 3. The maximum Gasteiger partial charge on any atom is 0.416 e. The molecule has 5 heteroatoms. The lowest BCUT2D eigenvalue weighted by Crippen LogP contribution is -2.12. The highest BCUT2D eigenvalue weighted by Gasteiger charge is 2.33. The SMILES string of the molecule is CCC(C)CSc1ccc(CCN)c(C(F)(F)F)c1. The molecule has 0 saturated carbocycles. The fourth-order valence-corrected chi connectivity index (χ4v) is 2.72. The molecule has 19 heavy (non-hydrogen) atoms. The lowest BCUT2D eigenvalue weighted by atomic mass is 10.0. The van der Waals surface area contributed by atoms with Crippen molar-refractivity contribution in [1.29, 1.82) is 0 Å². The third-order valence-electron chi connectivity index (χ3n) is 3.03. The smallest absolute Gasteiger partial charge is 0.330 e. The summed E-state index contributed by atoms with van der Waals surface area (Å²) in [6, 6.07) is 4.56. The van der Waals surface area contributed by atoms with Crippen molar-refractivity contribution in [3.8, 4) is 0 Å². The van der Waals surface area contributed by atoms with Crippen molar-refractivity contribution in [2.75, 3.05) is 12.3 Å². The highest BCUT2D eigenvalue weighted by molar-refractivity contribution is 7.99. The first kappa shape index (κ1) is 16.4. The molecule has 0 aliphatic heterocycles. The first-order valence-corrected chi connectivity index (χ1v) is 7.40. The van der Waals surface area contributed by atoms with Gasteiger partial charge in [0.05, 0.1) is 5.56 Å². The van der Waals surface area contributed by atoms with E-state index in [9.17, 15) is 13.2 Å². The van der Waals surface area contributed by atoms with Gasteiger partial charge in [-0.25, -0.2) is 0 Å². The Morgan fingerprint density at radius 1 is 1.32 bits per heavy atom. The second-order valence-corrected chi connectivity index (χ2v) is 5.77. The van der Waals surface area contributed by atoms with Gasteiger partial charge in [-0.15, -0.1) is 11.8 Å². The first-order chi connectivity index (χ1) is 8.88. The molecular formula is C14H20F3NS. The zero-order valence-electron chi connectivity index (χ0n) is 11.3. The quantitative estimate of drug-likeness (QED) is 0.789. The van der Waals surface area contributed by atoms with Crippen LogP contribution in [0.5, 0.6) is 0 Å². The summed E-state index contributed by atoms with van der Waals surface area (Å²) in [5, 5.41) is 0. The molecule has 108 valence electrons. The Morgan fingerprint density at radius 2 is 2.00 bits per heavy atom. The Kier molecular flexibility index (Phi) is 6.20. The molecule has 1 rings (SSSR count). The Balaban J connectivity index is 2.92. The van der Waals surface area contributed by atoms with E-state index < -0.39 is 11.7 Å². The number of rotatable bonds is 6. The molecule has 0 aliphatic rings. The molecule has 0 aliphatic carbocycles. The summed E-state index contributed by atoms with van der Waals surface area (Å²) in [5.41, 5.74) is 5.09. The Morgan fingerprint density at radius 3 is 2.53 bits per heavy atom. The van der Waals surface area contributed by atoms with Crippen molar-refractivity contribution in [1.82, 2.24) is 0 Å². The lowest BCUT2D eigenvalue weighted by molar-refractivity contribution is -0.138. The third-order valence-corrected chi connectivity index (χ3v) is 4.35. The van der Waals surface area contributed by atoms with E-state index in [-0.39, 0.29) is 18.5 Å². The van der Waals surface area contributed by atoms with Gasteiger partial charge < -0.3 is 5.73 Å². The monoisotopic (exact) mass is 291 g/mol. The summed E-state index contributed by atoms with van der Waals surface area (Å²) in [6.45, 7) is 4.40. The average Bonchev–Trinajstić information content (AvgIpc) is 2.36. The van der Waals surface area contributed by atoms with Crippen molar-refractivity contribution >= 4 is 11.8 Å². The van der Waals surface area contributed by atoms with Crippen molar-refractivity contribution in [3.63, 3.8) is 0 Å².